The fourth-order valence-electron chi connectivity index (χ4n) is 2.59. The topological polar surface area (TPSA) is 132 Å². The lowest BCUT2D eigenvalue weighted by molar-refractivity contribution is 0.0525. The van der Waals surface area contributed by atoms with Crippen molar-refractivity contribution in [2.45, 2.75) is 6.92 Å². The molecule has 0 aliphatic heterocycles. The number of esters is 2. The summed E-state index contributed by atoms with van der Waals surface area (Å²) in [6, 6.07) is 11.3. The van der Waals surface area contributed by atoms with Gasteiger partial charge in [0.15, 0.2) is 0 Å². The number of carbonyl (C=O) groups excluding carboxylic acids is 2. The maximum absolute atomic E-state index is 11.9. The molecule has 10 heteroatoms. The van der Waals surface area contributed by atoms with Crippen molar-refractivity contribution in [3.8, 4) is 16.9 Å². The first-order chi connectivity index (χ1) is 14.0. The molecule has 10 nitrogen and oxygen atoms in total. The van der Waals surface area contributed by atoms with Crippen molar-refractivity contribution in [3.05, 3.63) is 70.2 Å². The molecule has 0 spiro atoms. The molecule has 3 rings (SSSR count). The van der Waals surface area contributed by atoms with Gasteiger partial charge in [-0.2, -0.15) is 0 Å². The molecule has 0 amide bonds. The lowest BCUT2D eigenvalue weighted by Gasteiger charge is -2.05. The molecule has 146 valence electrons. The molecule has 2 aromatic carbocycles. The smallest absolute Gasteiger partial charge is 0.338 e. The number of methoxy groups -OCH3 is 1. The van der Waals surface area contributed by atoms with Crippen LogP contribution in [0.4, 0.5) is 5.69 Å². The summed E-state index contributed by atoms with van der Waals surface area (Å²) in [7, 11) is 1.26. The molecule has 0 fully saturated rings. The van der Waals surface area contributed by atoms with Crippen molar-refractivity contribution < 1.29 is 19.1 Å². The highest BCUT2D eigenvalue weighted by Gasteiger charge is 2.12. The molecule has 3 aromatic rings. The quantitative estimate of drug-likeness (QED) is 0.271. The zero-order valence-corrected chi connectivity index (χ0v) is 15.6. The number of benzene rings is 2. The summed E-state index contributed by atoms with van der Waals surface area (Å²) in [5, 5.41) is 11.7. The van der Waals surface area contributed by atoms with Crippen LogP contribution in [0.5, 0.6) is 0 Å². The Bertz CT molecular complexity index is 1100. The highest BCUT2D eigenvalue weighted by Crippen LogP contribution is 2.23. The largest absolute Gasteiger partial charge is 0.465 e. The zero-order valence-electron chi connectivity index (χ0n) is 15.6. The van der Waals surface area contributed by atoms with E-state index in [-0.39, 0.29) is 11.3 Å². The molecular formula is C19H16N6O4. The van der Waals surface area contributed by atoms with Crippen LogP contribution in [0.1, 0.15) is 27.6 Å². The summed E-state index contributed by atoms with van der Waals surface area (Å²) in [5.74, 6) is -0.968. The SMILES string of the molecule is CCOC(=O)c1ccc(-c2cn(-c3cc(N=[N+]=[N-])cc(C(=O)OC)c3)nn2)cc1. The first-order valence-electron chi connectivity index (χ1n) is 8.54. The van der Waals surface area contributed by atoms with Crippen LogP contribution < -0.4 is 0 Å². The van der Waals surface area contributed by atoms with E-state index >= 15 is 0 Å². The predicted octanol–water partition coefficient (Wildman–Crippen LogP) is 3.84. The van der Waals surface area contributed by atoms with Crippen molar-refractivity contribution in [3.63, 3.8) is 0 Å². The maximum atomic E-state index is 11.9. The number of hydrogen-bond donors (Lipinski definition) is 0. The Hall–Kier alpha value is -4.17. The zero-order chi connectivity index (χ0) is 20.8. The number of rotatable bonds is 6. The van der Waals surface area contributed by atoms with E-state index < -0.39 is 11.9 Å². The Kier molecular flexibility index (Phi) is 5.86. The monoisotopic (exact) mass is 392 g/mol. The van der Waals surface area contributed by atoms with Gasteiger partial charge in [0.1, 0.15) is 5.69 Å². The lowest BCUT2D eigenvalue weighted by atomic mass is 10.1. The second kappa shape index (κ2) is 8.68. The number of carbonyl (C=O) groups is 2. The third-order valence-electron chi connectivity index (χ3n) is 3.93. The lowest BCUT2D eigenvalue weighted by Crippen LogP contribution is -2.04. The van der Waals surface area contributed by atoms with Crippen LogP contribution >= 0.6 is 0 Å². The third kappa shape index (κ3) is 4.40. The van der Waals surface area contributed by atoms with Gasteiger partial charge in [-0.05, 0) is 42.8 Å². The van der Waals surface area contributed by atoms with Gasteiger partial charge in [-0.15, -0.1) is 5.10 Å². The van der Waals surface area contributed by atoms with E-state index in [0.717, 1.165) is 5.56 Å². The summed E-state index contributed by atoms with van der Waals surface area (Å²) in [5.41, 5.74) is 11.3. The molecule has 29 heavy (non-hydrogen) atoms. The van der Waals surface area contributed by atoms with Crippen LogP contribution in [0.2, 0.25) is 0 Å². The van der Waals surface area contributed by atoms with Crippen molar-refractivity contribution >= 4 is 17.6 Å². The number of hydrogen-bond acceptors (Lipinski definition) is 7. The van der Waals surface area contributed by atoms with Crippen LogP contribution in [0, 0.1) is 0 Å². The van der Waals surface area contributed by atoms with Gasteiger partial charge in [-0.3, -0.25) is 0 Å². The second-order valence-electron chi connectivity index (χ2n) is 5.77. The van der Waals surface area contributed by atoms with Crippen molar-refractivity contribution in [1.29, 1.82) is 0 Å². The number of nitrogens with zero attached hydrogens (tertiary/aromatic N) is 6. The average Bonchev–Trinajstić information content (AvgIpc) is 3.24. The van der Waals surface area contributed by atoms with Gasteiger partial charge in [-0.25, -0.2) is 14.3 Å². The maximum Gasteiger partial charge on any atom is 0.338 e. The molecule has 0 radical (unpaired) electrons. The summed E-state index contributed by atoms with van der Waals surface area (Å²) in [6.45, 7) is 2.05. The molecule has 0 aliphatic carbocycles. The van der Waals surface area contributed by atoms with Crippen LogP contribution in [-0.4, -0.2) is 40.6 Å². The van der Waals surface area contributed by atoms with Crippen molar-refractivity contribution in [1.82, 2.24) is 15.0 Å². The molecule has 0 saturated heterocycles. The highest BCUT2D eigenvalue weighted by atomic mass is 16.5. The van der Waals surface area contributed by atoms with Crippen molar-refractivity contribution in [2.75, 3.05) is 13.7 Å². The summed E-state index contributed by atoms with van der Waals surface area (Å²) in [4.78, 5) is 26.4. The van der Waals surface area contributed by atoms with Gasteiger partial charge < -0.3 is 9.47 Å². The van der Waals surface area contributed by atoms with Crippen molar-refractivity contribution in [2.24, 2.45) is 5.11 Å². The van der Waals surface area contributed by atoms with Crippen LogP contribution in [0.3, 0.4) is 0 Å². The molecule has 0 N–H and O–H groups in total. The van der Waals surface area contributed by atoms with Gasteiger partial charge in [0.2, 0.25) is 0 Å². The van der Waals surface area contributed by atoms with E-state index in [1.165, 1.54) is 17.9 Å². The molecule has 1 heterocycles. The van der Waals surface area contributed by atoms with E-state index in [4.69, 9.17) is 15.0 Å². The van der Waals surface area contributed by atoms with Gasteiger partial charge in [0.25, 0.3) is 0 Å². The molecule has 0 unspecified atom stereocenters. The number of azide groups is 1. The van der Waals surface area contributed by atoms with Crippen LogP contribution in [0.25, 0.3) is 27.4 Å². The van der Waals surface area contributed by atoms with Gasteiger partial charge in [0.05, 0.1) is 36.7 Å². The summed E-state index contributed by atoms with van der Waals surface area (Å²) in [6.07, 6.45) is 1.65. The Morgan fingerprint density at radius 3 is 2.55 bits per heavy atom. The Morgan fingerprint density at radius 2 is 1.90 bits per heavy atom. The molecule has 0 saturated carbocycles. The first-order valence-corrected chi connectivity index (χ1v) is 8.54. The molecule has 1 aromatic heterocycles. The standard InChI is InChI=1S/C19H16N6O4/c1-3-29-19(27)13-6-4-12(5-7-13)17-11-25(24-22-17)16-9-14(18(26)28-2)8-15(10-16)21-23-20/h4-11H,3H2,1-2H3. The van der Waals surface area contributed by atoms with Gasteiger partial charge in [0, 0.05) is 16.2 Å². The van der Waals surface area contributed by atoms with E-state index in [0.29, 0.717) is 23.6 Å². The average molecular weight is 392 g/mol. The minimum atomic E-state index is -0.573. The van der Waals surface area contributed by atoms with E-state index in [9.17, 15) is 9.59 Å². The molecular weight excluding hydrogens is 376 g/mol. The van der Waals surface area contributed by atoms with Gasteiger partial charge in [-0.1, -0.05) is 22.5 Å². The Labute approximate surface area is 165 Å². The first kappa shape index (κ1) is 19.6. The fraction of sp³-hybridized carbons (Fsp3) is 0.158. The van der Waals surface area contributed by atoms with E-state index in [1.807, 2.05) is 0 Å². The molecule has 0 atom stereocenters. The Morgan fingerprint density at radius 1 is 1.14 bits per heavy atom. The number of ether oxygens (including phenoxy) is 2. The second-order valence-corrected chi connectivity index (χ2v) is 5.77. The summed E-state index contributed by atoms with van der Waals surface area (Å²) < 4.78 is 11.1. The highest BCUT2D eigenvalue weighted by molar-refractivity contribution is 5.91. The predicted molar refractivity (Wildman–Crippen MR) is 103 cm³/mol. The molecule has 0 bridgehead atoms. The van der Waals surface area contributed by atoms with Crippen LogP contribution in [-0.2, 0) is 9.47 Å². The van der Waals surface area contributed by atoms with Gasteiger partial charge >= 0.3 is 11.9 Å². The normalized spacial score (nSPS) is 10.1. The van der Waals surface area contributed by atoms with E-state index in [1.54, 1.807) is 49.5 Å². The Balaban J connectivity index is 1.93. The summed E-state index contributed by atoms with van der Waals surface area (Å²) >= 11 is 0. The fourth-order valence-corrected chi connectivity index (χ4v) is 2.59. The van der Waals surface area contributed by atoms with E-state index in [2.05, 4.69) is 20.3 Å². The molecule has 0 aliphatic rings. The third-order valence-corrected chi connectivity index (χ3v) is 3.93. The van der Waals surface area contributed by atoms with Crippen LogP contribution in [0.15, 0.2) is 53.8 Å². The minimum absolute atomic E-state index is 0.211. The number of aromatic nitrogens is 3. The minimum Gasteiger partial charge on any atom is -0.465 e.